The summed E-state index contributed by atoms with van der Waals surface area (Å²) in [6.45, 7) is 3.37. The Bertz CT molecular complexity index is 828. The smallest absolute Gasteiger partial charge is 0.158 e. The van der Waals surface area contributed by atoms with E-state index in [4.69, 9.17) is 37.4 Å². The van der Waals surface area contributed by atoms with Gasteiger partial charge in [-0.25, -0.2) is 5.01 Å². The molecule has 0 N–H and O–H groups in total. The highest BCUT2D eigenvalue weighted by molar-refractivity contribution is 6.37. The lowest BCUT2D eigenvalue weighted by molar-refractivity contribution is -0.153. The number of hydrogen-bond donors (Lipinski definition) is 0. The topological polar surface area (TPSA) is 43.3 Å². The van der Waals surface area contributed by atoms with Crippen molar-refractivity contribution in [3.63, 3.8) is 0 Å². The van der Waals surface area contributed by atoms with Crippen molar-refractivity contribution in [2.45, 2.75) is 50.7 Å². The molecule has 0 aromatic heterocycles. The summed E-state index contributed by atoms with van der Waals surface area (Å²) in [5, 5.41) is 7.26. The molecule has 4 rings (SSSR count). The standard InChI is InChI=1S/C17H22N2O3.C7H8Cl2/c1-20-16-9-7-15(8-10-16)19-11-4-5-14(18-19)13-22-17-6-2-3-12-21-17;1-5-2-3-6(8)7(9)4-5/h4,7-11,17H,2-3,5-6,12-13H2,1H3;2-3,7H,4H2,1H3. The molecule has 1 saturated heterocycles. The van der Waals surface area contributed by atoms with E-state index in [0.717, 1.165) is 54.5 Å². The maximum atomic E-state index is 5.82. The molecule has 1 fully saturated rings. The molecule has 1 aromatic carbocycles. The van der Waals surface area contributed by atoms with Crippen molar-refractivity contribution < 1.29 is 14.2 Å². The molecule has 5 nitrogen and oxygen atoms in total. The second kappa shape index (κ2) is 12.3. The molecule has 2 atom stereocenters. The van der Waals surface area contributed by atoms with Crippen LogP contribution in [-0.2, 0) is 9.47 Å². The summed E-state index contributed by atoms with van der Waals surface area (Å²) in [5.41, 5.74) is 3.30. The third kappa shape index (κ3) is 7.69. The summed E-state index contributed by atoms with van der Waals surface area (Å²) in [5.74, 6) is 0.840. The zero-order valence-electron chi connectivity index (χ0n) is 18.1. The van der Waals surface area contributed by atoms with Gasteiger partial charge in [0.25, 0.3) is 0 Å². The van der Waals surface area contributed by atoms with Crippen molar-refractivity contribution in [1.82, 2.24) is 0 Å². The van der Waals surface area contributed by atoms with Gasteiger partial charge in [-0.05, 0) is 62.9 Å². The monoisotopic (exact) mass is 464 g/mol. The quantitative estimate of drug-likeness (QED) is 0.473. The molecule has 1 aromatic rings. The molecule has 1 aliphatic carbocycles. The van der Waals surface area contributed by atoms with Crippen LogP contribution < -0.4 is 9.75 Å². The van der Waals surface area contributed by atoms with Gasteiger partial charge in [-0.1, -0.05) is 29.3 Å². The van der Waals surface area contributed by atoms with E-state index in [-0.39, 0.29) is 11.7 Å². The van der Waals surface area contributed by atoms with Gasteiger partial charge < -0.3 is 14.2 Å². The Morgan fingerprint density at radius 2 is 2.00 bits per heavy atom. The molecule has 0 amide bonds. The number of allylic oxidation sites excluding steroid dienone is 5. The van der Waals surface area contributed by atoms with Gasteiger partial charge in [0, 0.05) is 24.3 Å². The Kier molecular flexibility index (Phi) is 9.47. The number of nitrogens with zero attached hydrogens (tertiary/aromatic N) is 2. The molecule has 2 unspecified atom stereocenters. The second-order valence-corrected chi connectivity index (χ2v) is 8.60. The third-order valence-corrected chi connectivity index (χ3v) is 5.98. The van der Waals surface area contributed by atoms with E-state index in [0.29, 0.717) is 6.61 Å². The number of rotatable bonds is 5. The first kappa shape index (κ1) is 23.9. The van der Waals surface area contributed by atoms with Crippen LogP contribution in [0.15, 0.2) is 64.4 Å². The van der Waals surface area contributed by atoms with Gasteiger partial charge in [-0.3, -0.25) is 0 Å². The highest BCUT2D eigenvalue weighted by Gasteiger charge is 2.16. The van der Waals surface area contributed by atoms with Gasteiger partial charge in [-0.15, -0.1) is 11.6 Å². The van der Waals surface area contributed by atoms with Crippen molar-refractivity contribution in [3.8, 4) is 5.75 Å². The molecule has 3 aliphatic rings. The number of hydrazone groups is 1. The minimum atomic E-state index is -0.0724. The molecule has 7 heteroatoms. The van der Waals surface area contributed by atoms with Crippen LogP contribution in [0.25, 0.3) is 0 Å². The Morgan fingerprint density at radius 1 is 1.19 bits per heavy atom. The van der Waals surface area contributed by atoms with Crippen LogP contribution in [-0.4, -0.2) is 37.7 Å². The Hall–Kier alpha value is -1.79. The van der Waals surface area contributed by atoms with E-state index in [9.17, 15) is 0 Å². The number of hydrogen-bond acceptors (Lipinski definition) is 5. The zero-order chi connectivity index (χ0) is 22.1. The Morgan fingerprint density at radius 3 is 2.65 bits per heavy atom. The first-order chi connectivity index (χ1) is 15.0. The van der Waals surface area contributed by atoms with Crippen LogP contribution in [0.5, 0.6) is 5.75 Å². The summed E-state index contributed by atoms with van der Waals surface area (Å²) >= 11 is 11.5. The fourth-order valence-electron chi connectivity index (χ4n) is 3.29. The van der Waals surface area contributed by atoms with Crippen molar-refractivity contribution in [3.05, 3.63) is 59.3 Å². The van der Waals surface area contributed by atoms with Crippen LogP contribution in [0.3, 0.4) is 0 Å². The number of ether oxygens (including phenoxy) is 3. The lowest BCUT2D eigenvalue weighted by Gasteiger charge is -2.24. The van der Waals surface area contributed by atoms with Crippen LogP contribution in [0.2, 0.25) is 0 Å². The minimum Gasteiger partial charge on any atom is -0.497 e. The minimum absolute atomic E-state index is 0.0108. The van der Waals surface area contributed by atoms with Gasteiger partial charge >= 0.3 is 0 Å². The fraction of sp³-hybridized carbons (Fsp3) is 0.458. The van der Waals surface area contributed by atoms with Crippen LogP contribution in [0, 0.1) is 0 Å². The Balaban J connectivity index is 0.000000254. The molecule has 0 saturated carbocycles. The number of alkyl halides is 1. The molecule has 0 spiro atoms. The number of benzene rings is 1. The molecule has 0 radical (unpaired) electrons. The molecular weight excluding hydrogens is 435 g/mol. The molecule has 168 valence electrons. The number of methoxy groups -OCH3 is 1. The van der Waals surface area contributed by atoms with Gasteiger partial charge in [-0.2, -0.15) is 5.10 Å². The summed E-state index contributed by atoms with van der Waals surface area (Å²) in [6, 6.07) is 7.83. The third-order valence-electron chi connectivity index (χ3n) is 5.09. The highest BCUT2D eigenvalue weighted by atomic mass is 35.5. The van der Waals surface area contributed by atoms with Gasteiger partial charge in [0.05, 0.1) is 30.5 Å². The average molecular weight is 465 g/mol. The second-order valence-electron chi connectivity index (χ2n) is 7.64. The summed E-state index contributed by atoms with van der Waals surface area (Å²) < 4.78 is 16.6. The molecule has 31 heavy (non-hydrogen) atoms. The van der Waals surface area contributed by atoms with E-state index in [2.05, 4.69) is 18.1 Å². The maximum Gasteiger partial charge on any atom is 0.158 e. The lowest BCUT2D eigenvalue weighted by Crippen LogP contribution is -2.27. The average Bonchev–Trinajstić information content (AvgIpc) is 2.82. The first-order valence-electron chi connectivity index (χ1n) is 10.6. The Labute approximate surface area is 194 Å². The first-order valence-corrected chi connectivity index (χ1v) is 11.4. The summed E-state index contributed by atoms with van der Waals surface area (Å²) in [6.07, 6.45) is 12.8. The molecule has 0 bridgehead atoms. The van der Waals surface area contributed by atoms with E-state index in [1.54, 1.807) is 7.11 Å². The predicted molar refractivity (Wildman–Crippen MR) is 128 cm³/mol. The van der Waals surface area contributed by atoms with Crippen LogP contribution in [0.1, 0.15) is 39.0 Å². The molecule has 2 aliphatic heterocycles. The SMILES string of the molecule is CC1=CC=C(Cl)C(Cl)C1.COc1ccc(N2C=CCC(COC3CCCCO3)=N2)cc1. The number of halogens is 2. The maximum absolute atomic E-state index is 5.82. The summed E-state index contributed by atoms with van der Waals surface area (Å²) in [7, 11) is 1.66. The van der Waals surface area contributed by atoms with Crippen molar-refractivity contribution >= 4 is 34.6 Å². The fourth-order valence-corrected chi connectivity index (χ4v) is 3.74. The molecular formula is C24H30Cl2N2O3. The van der Waals surface area contributed by atoms with Crippen molar-refractivity contribution in [1.29, 1.82) is 0 Å². The lowest BCUT2D eigenvalue weighted by atomic mass is 10.1. The summed E-state index contributed by atoms with van der Waals surface area (Å²) in [4.78, 5) is 0. The largest absolute Gasteiger partial charge is 0.497 e. The van der Waals surface area contributed by atoms with Gasteiger partial charge in [0.15, 0.2) is 6.29 Å². The van der Waals surface area contributed by atoms with E-state index >= 15 is 0 Å². The van der Waals surface area contributed by atoms with Crippen LogP contribution in [0.4, 0.5) is 5.69 Å². The zero-order valence-corrected chi connectivity index (χ0v) is 19.6. The van der Waals surface area contributed by atoms with Crippen molar-refractivity contribution in [2.75, 3.05) is 25.3 Å². The predicted octanol–water partition coefficient (Wildman–Crippen LogP) is 6.38. The van der Waals surface area contributed by atoms with Gasteiger partial charge in [0.2, 0.25) is 0 Å². The van der Waals surface area contributed by atoms with E-state index in [1.807, 2.05) is 47.6 Å². The number of anilines is 1. The van der Waals surface area contributed by atoms with Gasteiger partial charge in [0.1, 0.15) is 5.75 Å². The van der Waals surface area contributed by atoms with Crippen molar-refractivity contribution in [2.24, 2.45) is 5.10 Å². The van der Waals surface area contributed by atoms with E-state index < -0.39 is 0 Å². The highest BCUT2D eigenvalue weighted by Crippen LogP contribution is 2.26. The normalized spacial score (nSPS) is 23.2. The molecule has 2 heterocycles. The van der Waals surface area contributed by atoms with E-state index in [1.165, 1.54) is 12.0 Å². The van der Waals surface area contributed by atoms with Crippen LogP contribution >= 0.6 is 23.2 Å².